The minimum absolute atomic E-state index is 0.0152. The first kappa shape index (κ1) is 17.6. The number of benzene rings is 1. The lowest BCUT2D eigenvalue weighted by Gasteiger charge is -2.28. The van der Waals surface area contributed by atoms with Crippen molar-refractivity contribution in [1.82, 2.24) is 25.5 Å². The molecule has 2 heterocycles. The molecule has 7 heteroatoms. The number of H-pyrrole nitrogens is 1. The highest BCUT2D eigenvalue weighted by Gasteiger charge is 2.26. The number of hydrogen-bond acceptors (Lipinski definition) is 4. The molecule has 0 bridgehead atoms. The number of aromatic amines is 1. The summed E-state index contributed by atoms with van der Waals surface area (Å²) in [6.45, 7) is 0.691. The Morgan fingerprint density at radius 2 is 1.85 bits per heavy atom. The van der Waals surface area contributed by atoms with Crippen LogP contribution < -0.4 is 5.32 Å². The van der Waals surface area contributed by atoms with Gasteiger partial charge in [0.2, 0.25) is 5.91 Å². The predicted octanol–water partition coefficient (Wildman–Crippen LogP) is 3.12. The van der Waals surface area contributed by atoms with E-state index in [1.54, 1.807) is 24.5 Å². The van der Waals surface area contributed by atoms with E-state index in [9.17, 15) is 9.18 Å². The van der Waals surface area contributed by atoms with Crippen LogP contribution in [0.4, 0.5) is 4.39 Å². The summed E-state index contributed by atoms with van der Waals surface area (Å²) in [5.74, 6) is 0.599. The van der Waals surface area contributed by atoms with Gasteiger partial charge in [-0.25, -0.2) is 14.4 Å². The summed E-state index contributed by atoms with van der Waals surface area (Å²) < 4.78 is 12.9. The van der Waals surface area contributed by atoms with Crippen LogP contribution in [-0.2, 0) is 11.2 Å². The van der Waals surface area contributed by atoms with E-state index in [0.717, 1.165) is 42.5 Å². The Labute approximate surface area is 156 Å². The van der Waals surface area contributed by atoms with Gasteiger partial charge in [-0.3, -0.25) is 9.89 Å². The van der Waals surface area contributed by atoms with E-state index in [1.807, 2.05) is 0 Å². The van der Waals surface area contributed by atoms with Gasteiger partial charge in [-0.15, -0.1) is 0 Å². The van der Waals surface area contributed by atoms with E-state index in [1.165, 1.54) is 12.1 Å². The Bertz CT molecular complexity index is 916. The highest BCUT2D eigenvalue weighted by atomic mass is 19.1. The molecule has 0 spiro atoms. The van der Waals surface area contributed by atoms with Gasteiger partial charge in [-0.2, -0.15) is 5.10 Å². The smallest absolute Gasteiger partial charge is 0.224 e. The van der Waals surface area contributed by atoms with Crippen LogP contribution in [0.15, 0.2) is 36.7 Å². The molecular weight excluding hydrogens is 345 g/mol. The lowest BCUT2D eigenvalue weighted by Crippen LogP contribution is -2.32. The van der Waals surface area contributed by atoms with Crippen LogP contribution >= 0.6 is 0 Å². The van der Waals surface area contributed by atoms with Gasteiger partial charge in [-0.05, 0) is 49.3 Å². The fourth-order valence-electron chi connectivity index (χ4n) is 3.82. The zero-order valence-electron chi connectivity index (χ0n) is 15.0. The first-order valence-electron chi connectivity index (χ1n) is 9.35. The second kappa shape index (κ2) is 7.82. The molecule has 0 aliphatic heterocycles. The zero-order valence-corrected chi connectivity index (χ0v) is 15.0. The van der Waals surface area contributed by atoms with Crippen molar-refractivity contribution in [2.75, 3.05) is 6.54 Å². The fourth-order valence-corrected chi connectivity index (χ4v) is 3.82. The molecular formula is C20H22FN5O. The molecule has 0 radical (unpaired) electrons. The maximum Gasteiger partial charge on any atom is 0.224 e. The number of nitrogens with one attached hydrogen (secondary N) is 2. The van der Waals surface area contributed by atoms with Crippen LogP contribution in [0, 0.1) is 11.7 Å². The summed E-state index contributed by atoms with van der Waals surface area (Å²) in [4.78, 5) is 20.7. The number of hydrogen-bond donors (Lipinski definition) is 2. The Morgan fingerprint density at radius 1 is 1.11 bits per heavy atom. The Kier molecular flexibility index (Phi) is 5.09. The predicted molar refractivity (Wildman–Crippen MR) is 99.5 cm³/mol. The zero-order chi connectivity index (χ0) is 18.6. The minimum atomic E-state index is -0.285. The monoisotopic (exact) mass is 367 g/mol. The maximum absolute atomic E-state index is 12.9. The number of halogens is 1. The lowest BCUT2D eigenvalue weighted by atomic mass is 9.80. The van der Waals surface area contributed by atoms with Crippen molar-refractivity contribution in [3.63, 3.8) is 0 Å². The molecule has 140 valence electrons. The molecule has 27 heavy (non-hydrogen) atoms. The van der Waals surface area contributed by atoms with Gasteiger partial charge in [0.05, 0.1) is 12.1 Å². The number of nitrogens with zero attached hydrogens (tertiary/aromatic N) is 3. The van der Waals surface area contributed by atoms with Gasteiger partial charge < -0.3 is 5.32 Å². The SMILES string of the molecule is O=C(Cc1ccc(F)cc1)NCC1CCC(c2[nH]nc3nccnc23)CC1. The van der Waals surface area contributed by atoms with Crippen LogP contribution in [0.25, 0.3) is 11.2 Å². The standard InChI is InChI=1S/C20H22FN5O/c21-16-7-3-13(4-8-16)11-17(27)24-12-14-1-5-15(6-2-14)18-19-20(26-25-18)23-10-9-22-19/h3-4,7-10,14-15H,1-2,5-6,11-12H2,(H,24,27)(H,23,25,26). The van der Waals surface area contributed by atoms with Crippen LogP contribution in [-0.4, -0.2) is 32.6 Å². The van der Waals surface area contributed by atoms with Gasteiger partial charge >= 0.3 is 0 Å². The number of fused-ring (bicyclic) bond motifs is 1. The summed E-state index contributed by atoms with van der Waals surface area (Å²) >= 11 is 0. The minimum Gasteiger partial charge on any atom is -0.356 e. The number of aromatic nitrogens is 4. The molecule has 1 aliphatic carbocycles. The molecule has 6 nitrogen and oxygen atoms in total. The molecule has 1 fully saturated rings. The summed E-state index contributed by atoms with van der Waals surface area (Å²) in [6, 6.07) is 6.07. The summed E-state index contributed by atoms with van der Waals surface area (Å²) in [6.07, 6.45) is 7.85. The molecule has 1 aromatic carbocycles. The molecule has 2 aromatic heterocycles. The van der Waals surface area contributed by atoms with E-state index in [2.05, 4.69) is 25.5 Å². The van der Waals surface area contributed by atoms with Crippen molar-refractivity contribution < 1.29 is 9.18 Å². The summed E-state index contributed by atoms with van der Waals surface area (Å²) in [5, 5.41) is 10.4. The summed E-state index contributed by atoms with van der Waals surface area (Å²) in [7, 11) is 0. The van der Waals surface area contributed by atoms with E-state index < -0.39 is 0 Å². The van der Waals surface area contributed by atoms with E-state index in [0.29, 0.717) is 24.0 Å². The van der Waals surface area contributed by atoms with E-state index in [4.69, 9.17) is 0 Å². The number of amides is 1. The molecule has 0 saturated heterocycles. The highest BCUT2D eigenvalue weighted by Crippen LogP contribution is 2.36. The van der Waals surface area contributed by atoms with E-state index >= 15 is 0 Å². The maximum atomic E-state index is 12.9. The van der Waals surface area contributed by atoms with Crippen molar-refractivity contribution in [3.8, 4) is 0 Å². The molecule has 2 N–H and O–H groups in total. The third-order valence-electron chi connectivity index (χ3n) is 5.34. The Hall–Kier alpha value is -2.83. The number of carbonyl (C=O) groups excluding carboxylic acids is 1. The third-order valence-corrected chi connectivity index (χ3v) is 5.34. The first-order chi connectivity index (χ1) is 13.2. The van der Waals surface area contributed by atoms with Crippen molar-refractivity contribution in [2.45, 2.75) is 38.0 Å². The van der Waals surface area contributed by atoms with Crippen LogP contribution in [0.2, 0.25) is 0 Å². The van der Waals surface area contributed by atoms with Gasteiger partial charge in [-0.1, -0.05) is 12.1 Å². The highest BCUT2D eigenvalue weighted by molar-refractivity contribution is 5.78. The average molecular weight is 367 g/mol. The van der Waals surface area contributed by atoms with Crippen LogP contribution in [0.3, 0.4) is 0 Å². The largest absolute Gasteiger partial charge is 0.356 e. The second-order valence-corrected chi connectivity index (χ2v) is 7.19. The van der Waals surface area contributed by atoms with Crippen LogP contribution in [0.1, 0.15) is 42.9 Å². The van der Waals surface area contributed by atoms with Gasteiger partial charge in [0.15, 0.2) is 5.65 Å². The fraction of sp³-hybridized carbons (Fsp3) is 0.400. The molecule has 1 amide bonds. The quantitative estimate of drug-likeness (QED) is 0.726. The Morgan fingerprint density at radius 3 is 2.63 bits per heavy atom. The Balaban J connectivity index is 1.26. The average Bonchev–Trinajstić information content (AvgIpc) is 3.13. The molecule has 1 aliphatic rings. The molecule has 0 atom stereocenters. The topological polar surface area (TPSA) is 83.6 Å². The molecule has 4 rings (SSSR count). The molecule has 1 saturated carbocycles. The van der Waals surface area contributed by atoms with Gasteiger partial charge in [0.25, 0.3) is 0 Å². The number of carbonyl (C=O) groups is 1. The molecule has 3 aromatic rings. The van der Waals surface area contributed by atoms with Crippen molar-refractivity contribution >= 4 is 17.1 Å². The van der Waals surface area contributed by atoms with E-state index in [-0.39, 0.29) is 18.1 Å². The first-order valence-corrected chi connectivity index (χ1v) is 9.35. The van der Waals surface area contributed by atoms with Gasteiger partial charge in [0.1, 0.15) is 11.3 Å². The van der Waals surface area contributed by atoms with Crippen molar-refractivity contribution in [2.24, 2.45) is 5.92 Å². The number of rotatable bonds is 5. The lowest BCUT2D eigenvalue weighted by molar-refractivity contribution is -0.120. The van der Waals surface area contributed by atoms with Gasteiger partial charge in [0, 0.05) is 24.9 Å². The second-order valence-electron chi connectivity index (χ2n) is 7.19. The normalized spacial score (nSPS) is 19.9. The van der Waals surface area contributed by atoms with Crippen LogP contribution in [0.5, 0.6) is 0 Å². The third kappa shape index (κ3) is 4.13. The summed E-state index contributed by atoms with van der Waals surface area (Å²) in [5.41, 5.74) is 3.44. The van der Waals surface area contributed by atoms with Crippen molar-refractivity contribution in [3.05, 3.63) is 53.7 Å². The van der Waals surface area contributed by atoms with Crippen molar-refractivity contribution in [1.29, 1.82) is 0 Å². The molecule has 0 unspecified atom stereocenters.